The van der Waals surface area contributed by atoms with E-state index in [0.717, 1.165) is 37.3 Å². The first kappa shape index (κ1) is 17.7. The fraction of sp³-hybridized carbons (Fsp3) is 0.350. The van der Waals surface area contributed by atoms with Crippen molar-refractivity contribution in [1.82, 2.24) is 15.2 Å². The first-order chi connectivity index (χ1) is 12.7. The van der Waals surface area contributed by atoms with Gasteiger partial charge in [0.05, 0.1) is 17.7 Å². The molecule has 0 aliphatic carbocycles. The number of hydrogen-bond acceptors (Lipinski definition) is 4. The van der Waals surface area contributed by atoms with Crippen molar-refractivity contribution >= 4 is 11.7 Å². The molecule has 1 atom stereocenters. The van der Waals surface area contributed by atoms with Gasteiger partial charge >= 0.3 is 6.03 Å². The highest BCUT2D eigenvalue weighted by molar-refractivity contribution is 5.74. The molecule has 1 aromatic carbocycles. The molecule has 2 aromatic rings. The third-order valence-electron chi connectivity index (χ3n) is 4.67. The predicted molar refractivity (Wildman–Crippen MR) is 101 cm³/mol. The Hall–Kier alpha value is -3.07. The first-order valence-electron chi connectivity index (χ1n) is 8.88. The van der Waals surface area contributed by atoms with E-state index in [9.17, 15) is 4.79 Å². The number of nitrogens with zero attached hydrogens (tertiary/aromatic N) is 4. The SMILES string of the molecule is C[C@@H](NC(=O)N1CCCN(c2ccc(C#N)cc2)CC1)c1cccnc1. The molecule has 6 nitrogen and oxygen atoms in total. The van der Waals surface area contributed by atoms with Gasteiger partial charge in [-0.15, -0.1) is 0 Å². The molecule has 3 rings (SSSR count). The molecule has 1 N–H and O–H groups in total. The number of amides is 2. The lowest BCUT2D eigenvalue weighted by atomic mass is 10.1. The molecule has 0 saturated carbocycles. The van der Waals surface area contributed by atoms with Gasteiger partial charge in [0.1, 0.15) is 0 Å². The molecule has 0 spiro atoms. The highest BCUT2D eigenvalue weighted by Gasteiger charge is 2.21. The van der Waals surface area contributed by atoms with Crippen LogP contribution in [0, 0.1) is 11.3 Å². The molecule has 0 radical (unpaired) electrons. The molecule has 1 fully saturated rings. The van der Waals surface area contributed by atoms with E-state index in [4.69, 9.17) is 5.26 Å². The first-order valence-corrected chi connectivity index (χ1v) is 8.88. The summed E-state index contributed by atoms with van der Waals surface area (Å²) in [6, 6.07) is 13.5. The Morgan fingerprint density at radius 1 is 1.19 bits per heavy atom. The van der Waals surface area contributed by atoms with E-state index in [-0.39, 0.29) is 12.1 Å². The zero-order valence-electron chi connectivity index (χ0n) is 14.9. The van der Waals surface area contributed by atoms with Crippen molar-refractivity contribution in [3.05, 3.63) is 59.9 Å². The molecule has 1 aliphatic heterocycles. The minimum atomic E-state index is -0.0749. The molecule has 134 valence electrons. The summed E-state index contributed by atoms with van der Waals surface area (Å²) in [6.45, 7) is 5.05. The van der Waals surface area contributed by atoms with Crippen molar-refractivity contribution in [3.8, 4) is 6.07 Å². The minimum Gasteiger partial charge on any atom is -0.370 e. The molecule has 1 saturated heterocycles. The maximum absolute atomic E-state index is 12.6. The molecular formula is C20H23N5O. The number of aromatic nitrogens is 1. The number of carbonyl (C=O) groups is 1. The maximum atomic E-state index is 12.6. The van der Waals surface area contributed by atoms with Crippen LogP contribution in [0.2, 0.25) is 0 Å². The maximum Gasteiger partial charge on any atom is 0.317 e. The fourth-order valence-corrected chi connectivity index (χ4v) is 3.12. The third kappa shape index (κ3) is 4.31. The number of benzene rings is 1. The number of rotatable bonds is 3. The lowest BCUT2D eigenvalue weighted by Crippen LogP contribution is -2.43. The van der Waals surface area contributed by atoms with Crippen LogP contribution < -0.4 is 10.2 Å². The Labute approximate surface area is 154 Å². The van der Waals surface area contributed by atoms with Crippen LogP contribution in [0.1, 0.15) is 30.5 Å². The average molecular weight is 349 g/mol. The van der Waals surface area contributed by atoms with E-state index < -0.39 is 0 Å². The second-order valence-electron chi connectivity index (χ2n) is 6.44. The van der Waals surface area contributed by atoms with Crippen LogP contribution in [-0.2, 0) is 0 Å². The standard InChI is InChI=1S/C20H23N5O/c1-16(18-4-2-9-22-15-18)23-20(26)25-11-3-10-24(12-13-25)19-7-5-17(14-21)6-8-19/h2,4-9,15-16H,3,10-13H2,1H3,(H,23,26)/t16-/m1/s1. The summed E-state index contributed by atoms with van der Waals surface area (Å²) < 4.78 is 0. The van der Waals surface area contributed by atoms with E-state index in [1.807, 2.05) is 48.2 Å². The Bertz CT molecular complexity index is 769. The summed E-state index contributed by atoms with van der Waals surface area (Å²) in [5, 5.41) is 12.0. The highest BCUT2D eigenvalue weighted by atomic mass is 16.2. The fourth-order valence-electron chi connectivity index (χ4n) is 3.12. The molecule has 0 unspecified atom stereocenters. The van der Waals surface area contributed by atoms with Crippen LogP contribution in [0.4, 0.5) is 10.5 Å². The van der Waals surface area contributed by atoms with Gasteiger partial charge in [0.25, 0.3) is 0 Å². The smallest absolute Gasteiger partial charge is 0.317 e. The second kappa shape index (κ2) is 8.34. The van der Waals surface area contributed by atoms with Crippen LogP contribution in [0.15, 0.2) is 48.8 Å². The molecule has 6 heteroatoms. The quantitative estimate of drug-likeness (QED) is 0.925. The topological polar surface area (TPSA) is 72.3 Å². The predicted octanol–water partition coefficient (Wildman–Crippen LogP) is 2.94. The largest absolute Gasteiger partial charge is 0.370 e. The Morgan fingerprint density at radius 2 is 2.00 bits per heavy atom. The number of nitrogens with one attached hydrogen (secondary N) is 1. The summed E-state index contributed by atoms with van der Waals surface area (Å²) in [5.41, 5.74) is 2.75. The Morgan fingerprint density at radius 3 is 2.69 bits per heavy atom. The van der Waals surface area contributed by atoms with Crippen LogP contribution in [0.5, 0.6) is 0 Å². The lowest BCUT2D eigenvalue weighted by Gasteiger charge is -2.25. The van der Waals surface area contributed by atoms with Crippen molar-refractivity contribution in [2.24, 2.45) is 0 Å². The monoisotopic (exact) mass is 349 g/mol. The third-order valence-corrected chi connectivity index (χ3v) is 4.67. The molecule has 2 heterocycles. The minimum absolute atomic E-state index is 0.0389. The van der Waals surface area contributed by atoms with Gasteiger partial charge in [-0.3, -0.25) is 4.98 Å². The number of anilines is 1. The molecule has 26 heavy (non-hydrogen) atoms. The second-order valence-corrected chi connectivity index (χ2v) is 6.44. The van der Waals surface area contributed by atoms with E-state index in [0.29, 0.717) is 12.1 Å². The number of urea groups is 1. The van der Waals surface area contributed by atoms with Gasteiger partial charge in [-0.25, -0.2) is 4.79 Å². The van der Waals surface area contributed by atoms with Gasteiger partial charge < -0.3 is 15.1 Å². The molecular weight excluding hydrogens is 326 g/mol. The van der Waals surface area contributed by atoms with Crippen molar-refractivity contribution in [1.29, 1.82) is 5.26 Å². The van der Waals surface area contributed by atoms with Crippen LogP contribution in [-0.4, -0.2) is 42.1 Å². The van der Waals surface area contributed by atoms with Gasteiger partial charge in [0.2, 0.25) is 0 Å². The molecule has 2 amide bonds. The lowest BCUT2D eigenvalue weighted by molar-refractivity contribution is 0.198. The highest BCUT2D eigenvalue weighted by Crippen LogP contribution is 2.18. The number of pyridine rings is 1. The normalized spacial score (nSPS) is 15.7. The van der Waals surface area contributed by atoms with Crippen molar-refractivity contribution in [2.45, 2.75) is 19.4 Å². The van der Waals surface area contributed by atoms with E-state index in [1.165, 1.54) is 0 Å². The van der Waals surface area contributed by atoms with Crippen molar-refractivity contribution in [2.75, 3.05) is 31.1 Å². The van der Waals surface area contributed by atoms with Crippen molar-refractivity contribution < 1.29 is 4.79 Å². The van der Waals surface area contributed by atoms with Gasteiger partial charge in [0.15, 0.2) is 0 Å². The number of hydrogen-bond donors (Lipinski definition) is 1. The summed E-state index contributed by atoms with van der Waals surface area (Å²) in [6.07, 6.45) is 4.42. The Balaban J connectivity index is 1.57. The zero-order valence-corrected chi connectivity index (χ0v) is 14.9. The van der Waals surface area contributed by atoms with Gasteiger partial charge in [-0.2, -0.15) is 5.26 Å². The Kier molecular flexibility index (Phi) is 5.69. The van der Waals surface area contributed by atoms with Crippen molar-refractivity contribution in [3.63, 3.8) is 0 Å². The van der Waals surface area contributed by atoms with Gasteiger partial charge in [-0.1, -0.05) is 6.07 Å². The number of carbonyl (C=O) groups excluding carboxylic acids is 1. The number of nitriles is 1. The van der Waals surface area contributed by atoms with Gasteiger partial charge in [0, 0.05) is 44.3 Å². The molecule has 1 aromatic heterocycles. The van der Waals surface area contributed by atoms with Crippen LogP contribution >= 0.6 is 0 Å². The van der Waals surface area contributed by atoms with E-state index in [1.54, 1.807) is 12.4 Å². The molecule has 1 aliphatic rings. The summed E-state index contributed by atoms with van der Waals surface area (Å²) in [4.78, 5) is 20.8. The van der Waals surface area contributed by atoms with Gasteiger partial charge in [-0.05, 0) is 49.2 Å². The van der Waals surface area contributed by atoms with Crippen LogP contribution in [0.3, 0.4) is 0 Å². The zero-order chi connectivity index (χ0) is 18.4. The molecule has 0 bridgehead atoms. The summed E-state index contributed by atoms with van der Waals surface area (Å²) in [5.74, 6) is 0. The average Bonchev–Trinajstić information content (AvgIpc) is 2.95. The summed E-state index contributed by atoms with van der Waals surface area (Å²) >= 11 is 0. The van der Waals surface area contributed by atoms with E-state index in [2.05, 4.69) is 21.3 Å². The summed E-state index contributed by atoms with van der Waals surface area (Å²) in [7, 11) is 0. The van der Waals surface area contributed by atoms with Crippen LogP contribution in [0.25, 0.3) is 0 Å². The van der Waals surface area contributed by atoms with E-state index >= 15 is 0 Å².